The van der Waals surface area contributed by atoms with Crippen LogP contribution in [0.15, 0.2) is 60.0 Å². The minimum Gasteiger partial charge on any atom is -0.367 e. The van der Waals surface area contributed by atoms with Gasteiger partial charge in [0, 0.05) is 44.0 Å². The summed E-state index contributed by atoms with van der Waals surface area (Å²) in [6.45, 7) is 2.50. The van der Waals surface area contributed by atoms with Crippen molar-refractivity contribution >= 4 is 69.5 Å². The van der Waals surface area contributed by atoms with Crippen LogP contribution in [-0.4, -0.2) is 47.8 Å². The lowest BCUT2D eigenvalue weighted by Gasteiger charge is -2.36. The van der Waals surface area contributed by atoms with Gasteiger partial charge in [0.15, 0.2) is 0 Å². The minimum absolute atomic E-state index is 0.0295. The third-order valence-electron chi connectivity index (χ3n) is 5.45. The van der Waals surface area contributed by atoms with E-state index in [1.165, 1.54) is 35.6 Å². The molecule has 0 saturated carbocycles. The lowest BCUT2D eigenvalue weighted by Crippen LogP contribution is -2.48. The number of anilines is 2. The highest BCUT2D eigenvalue weighted by atomic mass is 35.5. The summed E-state index contributed by atoms with van der Waals surface area (Å²) < 4.78 is 0. The standard InChI is InChI=1S/C24H20Cl2N4O4S/c25-18-6-3-16(14-21(18)30(33)34)4-8-23(31)27-17-5-7-20(19(26)15-17)28-9-11-29(12-10-28)24(32)22-2-1-13-35-22/h1-8,13-15H,9-12H2,(H,27,31)/b8-4+. The molecule has 0 aliphatic carbocycles. The van der Waals surface area contributed by atoms with Crippen LogP contribution in [0.3, 0.4) is 0 Å². The normalized spacial score (nSPS) is 13.8. The number of nitro benzene ring substituents is 1. The van der Waals surface area contributed by atoms with Gasteiger partial charge in [0.1, 0.15) is 5.02 Å². The van der Waals surface area contributed by atoms with E-state index in [0.29, 0.717) is 42.5 Å². The molecule has 1 aliphatic rings. The molecule has 2 amide bonds. The van der Waals surface area contributed by atoms with E-state index in [4.69, 9.17) is 23.2 Å². The monoisotopic (exact) mass is 530 g/mol. The summed E-state index contributed by atoms with van der Waals surface area (Å²) in [5, 5.41) is 16.1. The number of hydrogen-bond acceptors (Lipinski definition) is 6. The Kier molecular flexibility index (Phi) is 7.70. The number of carbonyl (C=O) groups excluding carboxylic acids is 2. The predicted octanol–water partition coefficient (Wildman–Crippen LogP) is 5.58. The van der Waals surface area contributed by atoms with E-state index in [1.54, 1.807) is 18.2 Å². The van der Waals surface area contributed by atoms with Gasteiger partial charge in [-0.3, -0.25) is 19.7 Å². The molecule has 0 bridgehead atoms. The fourth-order valence-corrected chi connectivity index (χ4v) is 4.85. The second-order valence-electron chi connectivity index (χ2n) is 7.71. The maximum Gasteiger partial charge on any atom is 0.288 e. The van der Waals surface area contributed by atoms with Crippen molar-refractivity contribution in [3.05, 3.63) is 90.6 Å². The molecule has 11 heteroatoms. The summed E-state index contributed by atoms with van der Waals surface area (Å²) in [5.74, 6) is -0.364. The third-order valence-corrected chi connectivity index (χ3v) is 6.93. The fourth-order valence-electron chi connectivity index (χ4n) is 3.68. The number of hydrogen-bond donors (Lipinski definition) is 1. The lowest BCUT2D eigenvalue weighted by atomic mass is 10.2. The number of rotatable bonds is 6. The molecule has 180 valence electrons. The van der Waals surface area contributed by atoms with Gasteiger partial charge in [0.25, 0.3) is 11.6 Å². The highest BCUT2D eigenvalue weighted by Gasteiger charge is 2.24. The molecule has 1 saturated heterocycles. The van der Waals surface area contributed by atoms with Gasteiger partial charge in [-0.1, -0.05) is 35.3 Å². The van der Waals surface area contributed by atoms with E-state index in [1.807, 2.05) is 28.5 Å². The van der Waals surface area contributed by atoms with Crippen LogP contribution in [0.1, 0.15) is 15.2 Å². The average molecular weight is 531 g/mol. The number of halogens is 2. The zero-order valence-corrected chi connectivity index (χ0v) is 20.6. The summed E-state index contributed by atoms with van der Waals surface area (Å²) in [6.07, 6.45) is 2.74. The summed E-state index contributed by atoms with van der Waals surface area (Å²) in [6, 6.07) is 13.2. The van der Waals surface area contributed by atoms with E-state index in [9.17, 15) is 19.7 Å². The van der Waals surface area contributed by atoms with Crippen molar-refractivity contribution in [3.8, 4) is 0 Å². The highest BCUT2D eigenvalue weighted by Crippen LogP contribution is 2.30. The molecule has 1 N–H and O–H groups in total. The number of piperazine rings is 1. The Hall–Kier alpha value is -3.40. The maximum atomic E-state index is 12.5. The Labute approximate surface area is 215 Å². The SMILES string of the molecule is O=C(/C=C/c1ccc(Cl)c([N+](=O)[O-])c1)Nc1ccc(N2CCN(C(=O)c3cccs3)CC2)c(Cl)c1. The van der Waals surface area contributed by atoms with Gasteiger partial charge in [0.2, 0.25) is 5.91 Å². The summed E-state index contributed by atoms with van der Waals surface area (Å²) in [5.41, 5.74) is 1.59. The van der Waals surface area contributed by atoms with Crippen molar-refractivity contribution < 1.29 is 14.5 Å². The Morgan fingerprint density at radius 2 is 1.80 bits per heavy atom. The van der Waals surface area contributed by atoms with Crippen molar-refractivity contribution in [2.45, 2.75) is 0 Å². The van der Waals surface area contributed by atoms with Crippen molar-refractivity contribution in [1.82, 2.24) is 4.90 Å². The number of nitrogens with one attached hydrogen (secondary N) is 1. The zero-order chi connectivity index (χ0) is 24.9. The first-order chi connectivity index (χ1) is 16.8. The highest BCUT2D eigenvalue weighted by molar-refractivity contribution is 7.12. The number of benzene rings is 2. The van der Waals surface area contributed by atoms with Crippen LogP contribution in [0, 0.1) is 10.1 Å². The first-order valence-electron chi connectivity index (χ1n) is 10.6. The Bertz CT molecular complexity index is 1290. The molecule has 0 spiro atoms. The molecule has 4 rings (SSSR count). The lowest BCUT2D eigenvalue weighted by molar-refractivity contribution is -0.384. The second kappa shape index (κ2) is 10.9. The van der Waals surface area contributed by atoms with Crippen molar-refractivity contribution in [1.29, 1.82) is 0 Å². The molecule has 2 heterocycles. The van der Waals surface area contributed by atoms with E-state index in [2.05, 4.69) is 10.2 Å². The van der Waals surface area contributed by atoms with Gasteiger partial charge >= 0.3 is 0 Å². The van der Waals surface area contributed by atoms with E-state index in [0.717, 1.165) is 10.6 Å². The quantitative estimate of drug-likeness (QED) is 0.255. The number of amides is 2. The first-order valence-corrected chi connectivity index (χ1v) is 12.3. The van der Waals surface area contributed by atoms with E-state index in [-0.39, 0.29) is 16.6 Å². The Morgan fingerprint density at radius 3 is 2.46 bits per heavy atom. The van der Waals surface area contributed by atoms with Gasteiger partial charge in [-0.15, -0.1) is 11.3 Å². The smallest absolute Gasteiger partial charge is 0.288 e. The summed E-state index contributed by atoms with van der Waals surface area (Å²) in [7, 11) is 0. The number of nitrogens with zero attached hydrogens (tertiary/aromatic N) is 3. The maximum absolute atomic E-state index is 12.5. The Balaban J connectivity index is 1.35. The van der Waals surface area contributed by atoms with Crippen LogP contribution in [0.2, 0.25) is 10.0 Å². The first kappa shape index (κ1) is 24.7. The molecule has 3 aromatic rings. The molecular formula is C24H20Cl2N4O4S. The molecule has 0 unspecified atom stereocenters. The molecule has 8 nitrogen and oxygen atoms in total. The molecular weight excluding hydrogens is 511 g/mol. The minimum atomic E-state index is -0.579. The van der Waals surface area contributed by atoms with Crippen LogP contribution in [-0.2, 0) is 4.79 Å². The summed E-state index contributed by atoms with van der Waals surface area (Å²) in [4.78, 5) is 40.0. The number of carbonyl (C=O) groups is 2. The molecule has 35 heavy (non-hydrogen) atoms. The van der Waals surface area contributed by atoms with Crippen LogP contribution < -0.4 is 10.2 Å². The molecule has 1 fully saturated rings. The molecule has 0 radical (unpaired) electrons. The van der Waals surface area contributed by atoms with Crippen molar-refractivity contribution in [2.75, 3.05) is 36.4 Å². The van der Waals surface area contributed by atoms with Crippen LogP contribution >= 0.6 is 34.5 Å². The molecule has 0 atom stereocenters. The summed E-state index contributed by atoms with van der Waals surface area (Å²) >= 11 is 13.7. The van der Waals surface area contributed by atoms with E-state index >= 15 is 0 Å². The van der Waals surface area contributed by atoms with Crippen LogP contribution in [0.4, 0.5) is 17.1 Å². The Morgan fingerprint density at radius 1 is 1.03 bits per heavy atom. The zero-order valence-electron chi connectivity index (χ0n) is 18.3. The van der Waals surface area contributed by atoms with Gasteiger partial charge in [0.05, 0.1) is 20.5 Å². The van der Waals surface area contributed by atoms with Gasteiger partial charge in [-0.2, -0.15) is 0 Å². The molecule has 2 aromatic carbocycles. The van der Waals surface area contributed by atoms with Gasteiger partial charge < -0.3 is 15.1 Å². The van der Waals surface area contributed by atoms with Crippen LogP contribution in [0.5, 0.6) is 0 Å². The van der Waals surface area contributed by atoms with Gasteiger partial charge in [-0.05, 0) is 47.4 Å². The predicted molar refractivity (Wildman–Crippen MR) is 140 cm³/mol. The van der Waals surface area contributed by atoms with E-state index < -0.39 is 10.8 Å². The molecule has 1 aromatic heterocycles. The average Bonchev–Trinajstić information content (AvgIpc) is 3.38. The fraction of sp³-hybridized carbons (Fsp3) is 0.167. The van der Waals surface area contributed by atoms with Crippen LogP contribution in [0.25, 0.3) is 6.08 Å². The largest absolute Gasteiger partial charge is 0.367 e. The number of thiophene rings is 1. The second-order valence-corrected chi connectivity index (χ2v) is 9.48. The topological polar surface area (TPSA) is 95.8 Å². The number of nitro groups is 1. The van der Waals surface area contributed by atoms with Crippen molar-refractivity contribution in [2.24, 2.45) is 0 Å². The van der Waals surface area contributed by atoms with Gasteiger partial charge in [-0.25, -0.2) is 0 Å². The van der Waals surface area contributed by atoms with Crippen molar-refractivity contribution in [3.63, 3.8) is 0 Å². The third kappa shape index (κ3) is 6.00. The molecule has 1 aliphatic heterocycles.